The Kier molecular flexibility index (Phi) is 5.80. The monoisotopic (exact) mass is 368 g/mol. The minimum absolute atomic E-state index is 0.103. The lowest BCUT2D eigenvalue weighted by Gasteiger charge is -2.11. The minimum Gasteiger partial charge on any atom is -0.469 e. The fourth-order valence-electron chi connectivity index (χ4n) is 2.05. The van der Waals surface area contributed by atoms with Gasteiger partial charge >= 0.3 is 5.97 Å². The maximum atomic E-state index is 12.4. The average molecular weight is 369 g/mol. The third-order valence-corrected chi connectivity index (χ3v) is 5.33. The van der Waals surface area contributed by atoms with Gasteiger partial charge in [0.2, 0.25) is 0 Å². The summed E-state index contributed by atoms with van der Waals surface area (Å²) in [6.45, 7) is 1.64. The van der Waals surface area contributed by atoms with Gasteiger partial charge in [-0.3, -0.25) is 9.52 Å². The van der Waals surface area contributed by atoms with E-state index in [9.17, 15) is 13.2 Å². The number of hydrogen-bond donors (Lipinski definition) is 1. The molecule has 0 spiro atoms. The molecule has 0 aliphatic rings. The van der Waals surface area contributed by atoms with Crippen LogP contribution in [0.4, 0.5) is 5.82 Å². The summed E-state index contributed by atoms with van der Waals surface area (Å²) in [5, 5.41) is 0.379. The van der Waals surface area contributed by atoms with Gasteiger partial charge in [-0.1, -0.05) is 23.7 Å². The second kappa shape index (κ2) is 7.63. The first kappa shape index (κ1) is 18.2. The Balaban J connectivity index is 2.13. The Morgan fingerprint density at radius 3 is 2.67 bits per heavy atom. The quantitative estimate of drug-likeness (QED) is 0.792. The van der Waals surface area contributed by atoms with Crippen LogP contribution in [0.1, 0.15) is 17.5 Å². The number of carbonyl (C=O) groups excluding carboxylic acids is 1. The van der Waals surface area contributed by atoms with Crippen molar-refractivity contribution in [3.8, 4) is 0 Å². The Morgan fingerprint density at radius 1 is 1.29 bits per heavy atom. The van der Waals surface area contributed by atoms with Crippen LogP contribution in [0.5, 0.6) is 0 Å². The third kappa shape index (κ3) is 4.46. The van der Waals surface area contributed by atoms with E-state index < -0.39 is 10.0 Å². The molecule has 8 heteroatoms. The van der Waals surface area contributed by atoms with Crippen molar-refractivity contribution >= 4 is 33.4 Å². The number of benzene rings is 1. The van der Waals surface area contributed by atoms with Crippen molar-refractivity contribution in [3.63, 3.8) is 0 Å². The number of halogens is 1. The van der Waals surface area contributed by atoms with E-state index in [0.29, 0.717) is 17.0 Å². The van der Waals surface area contributed by atoms with E-state index in [1.807, 2.05) is 0 Å². The van der Waals surface area contributed by atoms with Crippen molar-refractivity contribution in [2.24, 2.45) is 0 Å². The van der Waals surface area contributed by atoms with Crippen LogP contribution in [0.15, 0.2) is 41.4 Å². The van der Waals surface area contributed by atoms with Gasteiger partial charge < -0.3 is 4.74 Å². The molecule has 0 aliphatic carbocycles. The number of sulfonamides is 1. The molecule has 0 unspecified atom stereocenters. The molecule has 0 saturated heterocycles. The molecule has 0 amide bonds. The fourth-order valence-corrected chi connectivity index (χ4v) is 3.56. The standard InChI is InChI=1S/C16H17ClN2O4S/c1-11-13(17)4-3-5-14(11)24(21,22)19-15-8-6-12(10-18-15)7-9-16(20)23-2/h3-6,8,10H,7,9H2,1-2H3,(H,18,19). The van der Waals surface area contributed by atoms with Gasteiger partial charge in [-0.05, 0) is 42.7 Å². The number of carbonyl (C=O) groups is 1. The van der Waals surface area contributed by atoms with Crippen LogP contribution in [0.3, 0.4) is 0 Å². The molecule has 0 bridgehead atoms. The van der Waals surface area contributed by atoms with E-state index in [1.54, 1.807) is 31.2 Å². The number of aromatic nitrogens is 1. The highest BCUT2D eigenvalue weighted by atomic mass is 35.5. The largest absolute Gasteiger partial charge is 0.469 e. The molecule has 1 heterocycles. The van der Waals surface area contributed by atoms with Crippen LogP contribution in [0.2, 0.25) is 5.02 Å². The summed E-state index contributed by atoms with van der Waals surface area (Å²) in [4.78, 5) is 15.3. The molecule has 2 aromatic rings. The van der Waals surface area contributed by atoms with Gasteiger partial charge in [-0.2, -0.15) is 0 Å². The van der Waals surface area contributed by atoms with E-state index in [4.69, 9.17) is 11.6 Å². The molecule has 0 fully saturated rings. The van der Waals surface area contributed by atoms with E-state index in [-0.39, 0.29) is 23.1 Å². The zero-order chi connectivity index (χ0) is 17.7. The number of esters is 1. The molecule has 1 N–H and O–H groups in total. The van der Waals surface area contributed by atoms with Crippen LogP contribution in [-0.4, -0.2) is 26.5 Å². The van der Waals surface area contributed by atoms with Gasteiger partial charge in [-0.15, -0.1) is 0 Å². The number of nitrogens with zero attached hydrogens (tertiary/aromatic N) is 1. The second-order valence-electron chi connectivity index (χ2n) is 5.10. The number of methoxy groups -OCH3 is 1. The van der Waals surface area contributed by atoms with Crippen molar-refractivity contribution < 1.29 is 17.9 Å². The molecule has 2 rings (SSSR count). The Hall–Kier alpha value is -2.12. The van der Waals surface area contributed by atoms with E-state index in [2.05, 4.69) is 14.4 Å². The van der Waals surface area contributed by atoms with Crippen LogP contribution in [-0.2, 0) is 26.0 Å². The highest BCUT2D eigenvalue weighted by molar-refractivity contribution is 7.92. The van der Waals surface area contributed by atoms with Crippen molar-refractivity contribution in [2.45, 2.75) is 24.7 Å². The smallest absolute Gasteiger partial charge is 0.305 e. The van der Waals surface area contributed by atoms with Gasteiger partial charge in [0.1, 0.15) is 5.82 Å². The van der Waals surface area contributed by atoms with Crippen molar-refractivity contribution in [2.75, 3.05) is 11.8 Å². The third-order valence-electron chi connectivity index (χ3n) is 3.42. The predicted molar refractivity (Wildman–Crippen MR) is 91.6 cm³/mol. The topological polar surface area (TPSA) is 85.4 Å². The SMILES string of the molecule is COC(=O)CCc1ccc(NS(=O)(=O)c2cccc(Cl)c2C)nc1. The summed E-state index contributed by atoms with van der Waals surface area (Å²) in [5.74, 6) is -0.118. The molecule has 24 heavy (non-hydrogen) atoms. The van der Waals surface area contributed by atoms with Crippen LogP contribution in [0.25, 0.3) is 0 Å². The average Bonchev–Trinajstić information content (AvgIpc) is 2.56. The molecule has 6 nitrogen and oxygen atoms in total. The highest BCUT2D eigenvalue weighted by Crippen LogP contribution is 2.24. The van der Waals surface area contributed by atoms with E-state index in [0.717, 1.165) is 5.56 Å². The molecule has 1 aromatic carbocycles. The van der Waals surface area contributed by atoms with Gasteiger partial charge in [-0.25, -0.2) is 13.4 Å². The Labute approximate surface area is 145 Å². The lowest BCUT2D eigenvalue weighted by molar-refractivity contribution is -0.140. The molecule has 1 aromatic heterocycles. The lowest BCUT2D eigenvalue weighted by Crippen LogP contribution is -2.15. The number of ether oxygens (including phenoxy) is 1. The highest BCUT2D eigenvalue weighted by Gasteiger charge is 2.18. The number of hydrogen-bond acceptors (Lipinski definition) is 5. The zero-order valence-electron chi connectivity index (χ0n) is 13.2. The second-order valence-corrected chi connectivity index (χ2v) is 7.15. The number of rotatable bonds is 6. The normalized spacial score (nSPS) is 11.1. The van der Waals surface area contributed by atoms with Crippen molar-refractivity contribution in [1.82, 2.24) is 4.98 Å². The molecule has 0 saturated carbocycles. The number of anilines is 1. The van der Waals surface area contributed by atoms with Crippen LogP contribution in [0, 0.1) is 6.92 Å². The molecule has 0 atom stereocenters. The number of nitrogens with one attached hydrogen (secondary N) is 1. The van der Waals surface area contributed by atoms with Gasteiger partial charge in [0.25, 0.3) is 10.0 Å². The summed E-state index contributed by atoms with van der Waals surface area (Å²) >= 11 is 5.97. The maximum Gasteiger partial charge on any atom is 0.305 e. The van der Waals surface area contributed by atoms with Crippen molar-refractivity contribution in [1.29, 1.82) is 0 Å². The summed E-state index contributed by atoms with van der Waals surface area (Å²) in [5.41, 5.74) is 1.28. The first-order chi connectivity index (χ1) is 11.3. The number of aryl methyl sites for hydroxylation is 1. The van der Waals surface area contributed by atoms with Gasteiger partial charge in [0, 0.05) is 17.6 Å². The van der Waals surface area contributed by atoms with Crippen LogP contribution >= 0.6 is 11.6 Å². The lowest BCUT2D eigenvalue weighted by atomic mass is 10.1. The summed E-state index contributed by atoms with van der Waals surface area (Å²) in [6, 6.07) is 7.94. The predicted octanol–water partition coefficient (Wildman–Crippen LogP) is 2.95. The van der Waals surface area contributed by atoms with E-state index >= 15 is 0 Å². The van der Waals surface area contributed by atoms with Crippen LogP contribution < -0.4 is 4.72 Å². The maximum absolute atomic E-state index is 12.4. The molecule has 128 valence electrons. The fraction of sp³-hybridized carbons (Fsp3) is 0.250. The first-order valence-corrected chi connectivity index (χ1v) is 8.99. The number of pyridine rings is 1. The minimum atomic E-state index is -3.78. The summed E-state index contributed by atoms with van der Waals surface area (Å²) in [7, 11) is -2.45. The Bertz CT molecular complexity index is 836. The molecule has 0 radical (unpaired) electrons. The van der Waals surface area contributed by atoms with Gasteiger partial charge in [0.05, 0.1) is 12.0 Å². The van der Waals surface area contributed by atoms with E-state index in [1.165, 1.54) is 19.4 Å². The summed E-state index contributed by atoms with van der Waals surface area (Å²) < 4.78 is 31.9. The summed E-state index contributed by atoms with van der Waals surface area (Å²) in [6.07, 6.45) is 2.23. The molecular formula is C16H17ClN2O4S. The first-order valence-electron chi connectivity index (χ1n) is 7.13. The van der Waals surface area contributed by atoms with Crippen molar-refractivity contribution in [3.05, 3.63) is 52.7 Å². The molecular weight excluding hydrogens is 352 g/mol. The Morgan fingerprint density at radius 2 is 2.04 bits per heavy atom. The molecule has 0 aliphatic heterocycles. The van der Waals surface area contributed by atoms with Gasteiger partial charge in [0.15, 0.2) is 0 Å². The zero-order valence-corrected chi connectivity index (χ0v) is 14.8.